The molecule has 1 amide bonds. The first-order chi connectivity index (χ1) is 8.01. The van der Waals surface area contributed by atoms with Gasteiger partial charge >= 0.3 is 0 Å². The van der Waals surface area contributed by atoms with Crippen LogP contribution in [0, 0.1) is 13.8 Å². The molecule has 1 aliphatic heterocycles. The second-order valence-electron chi connectivity index (χ2n) is 4.61. The molecular formula is C13H17NO2S. The third-order valence-corrected chi connectivity index (χ3v) is 4.23. The lowest BCUT2D eigenvalue weighted by atomic mass is 10.0. The summed E-state index contributed by atoms with van der Waals surface area (Å²) in [7, 11) is 0. The number of rotatable bonds is 2. The minimum atomic E-state index is -1.19. The van der Waals surface area contributed by atoms with Crippen molar-refractivity contribution < 1.29 is 9.90 Å². The standard InChI is InChI=1S/C13H17NO2S/c1-9-3-4-11(10(2)7-9)14-12(15)13(16)5-6-17-8-13/h3-4,7,16H,5-6,8H2,1-2H3,(H,14,15). The molecule has 1 fully saturated rings. The molecule has 1 unspecified atom stereocenters. The molecule has 17 heavy (non-hydrogen) atoms. The number of hydrogen-bond acceptors (Lipinski definition) is 3. The van der Waals surface area contributed by atoms with E-state index in [-0.39, 0.29) is 5.91 Å². The summed E-state index contributed by atoms with van der Waals surface area (Å²) in [6, 6.07) is 5.85. The number of nitrogens with one attached hydrogen (secondary N) is 1. The van der Waals surface area contributed by atoms with Crippen molar-refractivity contribution in [1.29, 1.82) is 0 Å². The molecule has 1 atom stereocenters. The Balaban J connectivity index is 2.13. The number of carbonyl (C=O) groups is 1. The molecule has 0 bridgehead atoms. The second-order valence-corrected chi connectivity index (χ2v) is 5.71. The van der Waals surface area contributed by atoms with Crippen molar-refractivity contribution in [1.82, 2.24) is 0 Å². The Morgan fingerprint density at radius 2 is 2.24 bits per heavy atom. The fraction of sp³-hybridized carbons (Fsp3) is 0.462. The molecule has 4 heteroatoms. The van der Waals surface area contributed by atoms with Crippen LogP contribution in [0.4, 0.5) is 5.69 Å². The first kappa shape index (κ1) is 12.5. The van der Waals surface area contributed by atoms with E-state index < -0.39 is 5.60 Å². The summed E-state index contributed by atoms with van der Waals surface area (Å²) in [6.07, 6.45) is 0.536. The van der Waals surface area contributed by atoms with Crippen molar-refractivity contribution in [2.24, 2.45) is 0 Å². The van der Waals surface area contributed by atoms with Crippen LogP contribution in [0.2, 0.25) is 0 Å². The number of thioether (sulfide) groups is 1. The Kier molecular flexibility index (Phi) is 3.45. The molecule has 1 saturated heterocycles. The van der Waals surface area contributed by atoms with Crippen molar-refractivity contribution in [2.75, 3.05) is 16.8 Å². The Morgan fingerprint density at radius 1 is 1.47 bits per heavy atom. The van der Waals surface area contributed by atoms with Crippen LogP contribution < -0.4 is 5.32 Å². The fourth-order valence-electron chi connectivity index (χ4n) is 1.93. The highest BCUT2D eigenvalue weighted by Gasteiger charge is 2.39. The van der Waals surface area contributed by atoms with Crippen molar-refractivity contribution in [3.05, 3.63) is 29.3 Å². The highest BCUT2D eigenvalue weighted by Crippen LogP contribution is 2.29. The number of carbonyl (C=O) groups excluding carboxylic acids is 1. The van der Waals surface area contributed by atoms with Gasteiger partial charge in [0.05, 0.1) is 0 Å². The van der Waals surface area contributed by atoms with E-state index in [0.29, 0.717) is 12.2 Å². The van der Waals surface area contributed by atoms with Gasteiger partial charge in [0, 0.05) is 11.4 Å². The lowest BCUT2D eigenvalue weighted by Gasteiger charge is -2.21. The van der Waals surface area contributed by atoms with E-state index in [0.717, 1.165) is 22.6 Å². The SMILES string of the molecule is Cc1ccc(NC(=O)C2(O)CCSC2)c(C)c1. The van der Waals surface area contributed by atoms with Gasteiger partial charge in [0.25, 0.3) is 5.91 Å². The normalized spacial score (nSPS) is 23.7. The van der Waals surface area contributed by atoms with E-state index in [1.54, 1.807) is 11.8 Å². The van der Waals surface area contributed by atoms with Crippen molar-refractivity contribution in [3.8, 4) is 0 Å². The van der Waals surface area contributed by atoms with Crippen molar-refractivity contribution in [2.45, 2.75) is 25.9 Å². The number of aryl methyl sites for hydroxylation is 2. The Hall–Kier alpha value is -1.00. The highest BCUT2D eigenvalue weighted by atomic mass is 32.2. The smallest absolute Gasteiger partial charge is 0.257 e. The predicted octanol–water partition coefficient (Wildman–Crippen LogP) is 2.11. The van der Waals surface area contributed by atoms with Crippen LogP contribution in [0.5, 0.6) is 0 Å². The molecule has 0 radical (unpaired) electrons. The van der Waals surface area contributed by atoms with E-state index in [9.17, 15) is 9.90 Å². The number of anilines is 1. The summed E-state index contributed by atoms with van der Waals surface area (Å²) in [5, 5.41) is 13.0. The molecule has 1 aromatic carbocycles. The van der Waals surface area contributed by atoms with E-state index >= 15 is 0 Å². The third-order valence-electron chi connectivity index (χ3n) is 3.05. The molecule has 2 rings (SSSR count). The maximum absolute atomic E-state index is 12.0. The molecule has 0 aromatic heterocycles. The minimum Gasteiger partial charge on any atom is -0.379 e. The Bertz CT molecular complexity index is 439. The first-order valence-corrected chi connectivity index (χ1v) is 6.85. The average molecular weight is 251 g/mol. The topological polar surface area (TPSA) is 49.3 Å². The molecule has 1 aliphatic rings. The van der Waals surface area contributed by atoms with Gasteiger partial charge in [-0.2, -0.15) is 11.8 Å². The van der Waals surface area contributed by atoms with Crippen molar-refractivity contribution in [3.63, 3.8) is 0 Å². The molecule has 0 aliphatic carbocycles. The van der Waals surface area contributed by atoms with Crippen LogP contribution in [0.1, 0.15) is 17.5 Å². The molecular weight excluding hydrogens is 234 g/mol. The lowest BCUT2D eigenvalue weighted by Crippen LogP contribution is -2.43. The molecule has 3 nitrogen and oxygen atoms in total. The lowest BCUT2D eigenvalue weighted by molar-refractivity contribution is -0.131. The summed E-state index contributed by atoms with van der Waals surface area (Å²) in [6.45, 7) is 3.97. The molecule has 0 saturated carbocycles. The van der Waals surface area contributed by atoms with E-state index in [1.165, 1.54) is 0 Å². The van der Waals surface area contributed by atoms with E-state index in [4.69, 9.17) is 0 Å². The third kappa shape index (κ3) is 2.64. The Labute approximate surface area is 106 Å². The number of benzene rings is 1. The van der Waals surface area contributed by atoms with Crippen LogP contribution >= 0.6 is 11.8 Å². The van der Waals surface area contributed by atoms with Gasteiger partial charge in [-0.05, 0) is 37.7 Å². The number of amides is 1. The molecule has 92 valence electrons. The maximum Gasteiger partial charge on any atom is 0.257 e. The van der Waals surface area contributed by atoms with Gasteiger partial charge in [0.2, 0.25) is 0 Å². The highest BCUT2D eigenvalue weighted by molar-refractivity contribution is 7.99. The van der Waals surface area contributed by atoms with Gasteiger partial charge in [-0.25, -0.2) is 0 Å². The molecule has 1 heterocycles. The quantitative estimate of drug-likeness (QED) is 0.846. The second kappa shape index (κ2) is 4.70. The summed E-state index contributed by atoms with van der Waals surface area (Å²) < 4.78 is 0. The van der Waals surface area contributed by atoms with Gasteiger partial charge < -0.3 is 10.4 Å². The van der Waals surface area contributed by atoms with E-state index in [2.05, 4.69) is 5.32 Å². The first-order valence-electron chi connectivity index (χ1n) is 5.70. The summed E-state index contributed by atoms with van der Waals surface area (Å²) in [4.78, 5) is 12.0. The number of hydrogen-bond donors (Lipinski definition) is 2. The maximum atomic E-state index is 12.0. The van der Waals surface area contributed by atoms with Gasteiger partial charge in [0.15, 0.2) is 5.60 Å². The monoisotopic (exact) mass is 251 g/mol. The van der Waals surface area contributed by atoms with Gasteiger partial charge in [-0.3, -0.25) is 4.79 Å². The minimum absolute atomic E-state index is 0.283. The van der Waals surface area contributed by atoms with Crippen LogP contribution in [0.15, 0.2) is 18.2 Å². The summed E-state index contributed by atoms with van der Waals surface area (Å²) in [5.74, 6) is 1.05. The zero-order valence-electron chi connectivity index (χ0n) is 10.1. The van der Waals surface area contributed by atoms with Crippen LogP contribution in [0.3, 0.4) is 0 Å². The average Bonchev–Trinajstić information content (AvgIpc) is 2.71. The molecule has 1 aromatic rings. The van der Waals surface area contributed by atoms with Gasteiger partial charge in [0.1, 0.15) is 0 Å². The predicted molar refractivity (Wildman–Crippen MR) is 71.4 cm³/mol. The van der Waals surface area contributed by atoms with E-state index in [1.807, 2.05) is 32.0 Å². The van der Waals surface area contributed by atoms with Gasteiger partial charge in [-0.15, -0.1) is 0 Å². The largest absolute Gasteiger partial charge is 0.379 e. The van der Waals surface area contributed by atoms with Crippen molar-refractivity contribution >= 4 is 23.4 Å². The summed E-state index contributed by atoms with van der Waals surface area (Å²) in [5.41, 5.74) is 1.77. The molecule has 0 spiro atoms. The zero-order chi connectivity index (χ0) is 12.5. The van der Waals surface area contributed by atoms with Gasteiger partial charge in [-0.1, -0.05) is 17.7 Å². The van der Waals surface area contributed by atoms with Crippen LogP contribution in [-0.2, 0) is 4.79 Å². The molecule has 2 N–H and O–H groups in total. The van der Waals surface area contributed by atoms with Crippen LogP contribution in [0.25, 0.3) is 0 Å². The Morgan fingerprint density at radius 3 is 2.82 bits per heavy atom. The summed E-state index contributed by atoms with van der Waals surface area (Å²) >= 11 is 1.62. The van der Waals surface area contributed by atoms with Crippen LogP contribution in [-0.4, -0.2) is 28.1 Å². The fourth-order valence-corrected chi connectivity index (χ4v) is 3.17. The number of aliphatic hydroxyl groups is 1. The zero-order valence-corrected chi connectivity index (χ0v) is 10.9.